The Hall–Kier alpha value is -0.975. The van der Waals surface area contributed by atoms with Crippen molar-refractivity contribution < 1.29 is 0 Å². The lowest BCUT2D eigenvalue weighted by molar-refractivity contribution is 1.66. The highest BCUT2D eigenvalue weighted by Gasteiger charge is 1.77. The van der Waals surface area contributed by atoms with Crippen LogP contribution in [0.1, 0.15) is 5.56 Å². The van der Waals surface area contributed by atoms with Crippen molar-refractivity contribution in [2.24, 2.45) is 0 Å². The summed E-state index contributed by atoms with van der Waals surface area (Å²) in [5.74, 6) is 2.04. The third-order valence-corrected chi connectivity index (χ3v) is 1.16. The first-order valence-electron chi connectivity index (χ1n) is 3.11. The van der Waals surface area contributed by atoms with E-state index in [2.05, 4.69) is 18.2 Å². The summed E-state index contributed by atoms with van der Waals surface area (Å²) in [6.07, 6.45) is 2.08. The van der Waals surface area contributed by atoms with Gasteiger partial charge in [-0.05, 0) is 5.56 Å². The molecule has 0 aliphatic heterocycles. The van der Waals surface area contributed by atoms with Gasteiger partial charge < -0.3 is 0 Å². The third-order valence-electron chi connectivity index (χ3n) is 1.16. The summed E-state index contributed by atoms with van der Waals surface area (Å²) in [5, 5.41) is 0. The van der Waals surface area contributed by atoms with Crippen LogP contribution in [0, 0.1) is 0 Å². The maximum absolute atomic E-state index is 2.08. The first-order chi connectivity index (χ1) is 4.43. The summed E-state index contributed by atoms with van der Waals surface area (Å²) in [5.41, 5.74) is 1.26. The summed E-state index contributed by atoms with van der Waals surface area (Å²) in [6, 6.07) is 10.3. The molecule has 0 fully saturated rings. The zero-order chi connectivity index (χ0) is 6.53. The van der Waals surface area contributed by atoms with Crippen molar-refractivity contribution in [3.05, 3.63) is 41.9 Å². The molecule has 0 atom stereocenters. The van der Waals surface area contributed by atoms with Gasteiger partial charge in [0.25, 0.3) is 0 Å². The minimum absolute atomic E-state index is 1.26. The molecule has 0 saturated heterocycles. The minimum atomic E-state index is 1.26. The SMILES string of the molecule is B/C=C\c1ccccc1. The molecule has 1 rings (SSSR count). The smallest absolute Gasteiger partial charge is 0.123 e. The monoisotopic (exact) mass is 116 g/mol. The molecule has 9 heavy (non-hydrogen) atoms. The molecular formula is C8H9B. The van der Waals surface area contributed by atoms with E-state index >= 15 is 0 Å². The van der Waals surface area contributed by atoms with E-state index in [4.69, 9.17) is 0 Å². The Bertz CT molecular complexity index is 189. The summed E-state index contributed by atoms with van der Waals surface area (Å²) in [6.45, 7) is 0. The maximum Gasteiger partial charge on any atom is 0.129 e. The molecule has 0 spiro atoms. The van der Waals surface area contributed by atoms with E-state index in [1.807, 2.05) is 32.0 Å². The lowest BCUT2D eigenvalue weighted by Gasteiger charge is -1.87. The van der Waals surface area contributed by atoms with E-state index in [9.17, 15) is 0 Å². The molecule has 0 aromatic heterocycles. The molecule has 0 radical (unpaired) electrons. The lowest BCUT2D eigenvalue weighted by Crippen LogP contribution is -1.66. The van der Waals surface area contributed by atoms with Crippen LogP contribution in [0.4, 0.5) is 0 Å². The van der Waals surface area contributed by atoms with Gasteiger partial charge in [0.15, 0.2) is 0 Å². The lowest BCUT2D eigenvalue weighted by atomic mass is 10.1. The number of hydrogen-bond acceptors (Lipinski definition) is 0. The molecular weight excluding hydrogens is 107 g/mol. The molecule has 0 aliphatic carbocycles. The normalized spacial score (nSPS) is 10.2. The van der Waals surface area contributed by atoms with Crippen molar-refractivity contribution in [3.8, 4) is 0 Å². The molecule has 44 valence electrons. The maximum atomic E-state index is 2.08. The average molecular weight is 116 g/mol. The van der Waals surface area contributed by atoms with Crippen molar-refractivity contribution in [1.82, 2.24) is 0 Å². The summed E-state index contributed by atoms with van der Waals surface area (Å²) in [7, 11) is 2.02. The fourth-order valence-electron chi connectivity index (χ4n) is 0.757. The summed E-state index contributed by atoms with van der Waals surface area (Å²) in [4.78, 5) is 0. The Morgan fingerprint density at radius 3 is 2.33 bits per heavy atom. The fraction of sp³-hybridized carbons (Fsp3) is 0. The Balaban J connectivity index is 2.85. The Labute approximate surface area is 56.6 Å². The largest absolute Gasteiger partial charge is 0.129 e. The Kier molecular flexibility index (Phi) is 2.14. The van der Waals surface area contributed by atoms with Crippen molar-refractivity contribution in [1.29, 1.82) is 0 Å². The molecule has 0 N–H and O–H groups in total. The first-order valence-corrected chi connectivity index (χ1v) is 3.11. The van der Waals surface area contributed by atoms with Crippen molar-refractivity contribution in [2.75, 3.05) is 0 Å². The molecule has 0 aliphatic rings. The standard InChI is InChI=1S/C8H9B/c9-7-6-8-4-2-1-3-5-8/h1-7H,9H2/b7-6-. The van der Waals surface area contributed by atoms with Crippen LogP contribution in [0.3, 0.4) is 0 Å². The zero-order valence-electron chi connectivity index (χ0n) is 5.54. The predicted octanol–water partition coefficient (Wildman–Crippen LogP) is 1.29. The van der Waals surface area contributed by atoms with Gasteiger partial charge in [-0.15, -0.1) is 5.98 Å². The minimum Gasteiger partial charge on any atom is -0.123 e. The number of benzene rings is 1. The molecule has 0 unspecified atom stereocenters. The zero-order valence-corrected chi connectivity index (χ0v) is 5.54. The van der Waals surface area contributed by atoms with Gasteiger partial charge in [-0.2, -0.15) is 0 Å². The molecule has 0 saturated carbocycles. The van der Waals surface area contributed by atoms with Crippen LogP contribution >= 0.6 is 0 Å². The number of rotatable bonds is 1. The molecule has 0 heterocycles. The molecule has 0 amide bonds. The van der Waals surface area contributed by atoms with Gasteiger partial charge in [-0.1, -0.05) is 36.4 Å². The van der Waals surface area contributed by atoms with E-state index in [-0.39, 0.29) is 0 Å². The molecule has 1 aromatic carbocycles. The van der Waals surface area contributed by atoms with Gasteiger partial charge >= 0.3 is 0 Å². The molecule has 1 aromatic rings. The second kappa shape index (κ2) is 3.13. The average Bonchev–Trinajstić information content (AvgIpc) is 1.91. The van der Waals surface area contributed by atoms with Crippen LogP contribution in [0.2, 0.25) is 0 Å². The number of hydrogen-bond donors (Lipinski definition) is 0. The van der Waals surface area contributed by atoms with E-state index < -0.39 is 0 Å². The van der Waals surface area contributed by atoms with E-state index in [1.165, 1.54) is 5.56 Å². The van der Waals surface area contributed by atoms with Crippen LogP contribution in [-0.4, -0.2) is 7.85 Å². The van der Waals surface area contributed by atoms with Gasteiger partial charge in [-0.25, -0.2) is 0 Å². The van der Waals surface area contributed by atoms with E-state index in [0.29, 0.717) is 0 Å². The third kappa shape index (κ3) is 1.76. The van der Waals surface area contributed by atoms with Crippen LogP contribution in [0.15, 0.2) is 36.3 Å². The van der Waals surface area contributed by atoms with Crippen LogP contribution < -0.4 is 0 Å². The quantitative estimate of drug-likeness (QED) is 0.485. The van der Waals surface area contributed by atoms with Crippen molar-refractivity contribution in [3.63, 3.8) is 0 Å². The first kappa shape index (κ1) is 6.15. The van der Waals surface area contributed by atoms with Gasteiger partial charge in [0.1, 0.15) is 7.85 Å². The highest BCUT2D eigenvalue weighted by molar-refractivity contribution is 6.19. The second-order valence-electron chi connectivity index (χ2n) is 1.91. The van der Waals surface area contributed by atoms with Crippen molar-refractivity contribution >= 4 is 13.9 Å². The highest BCUT2D eigenvalue weighted by atomic mass is 13.8. The molecule has 1 heteroatoms. The van der Waals surface area contributed by atoms with E-state index in [1.54, 1.807) is 0 Å². The van der Waals surface area contributed by atoms with E-state index in [0.717, 1.165) is 0 Å². The Morgan fingerprint density at radius 2 is 1.78 bits per heavy atom. The highest BCUT2D eigenvalue weighted by Crippen LogP contribution is 1.98. The Morgan fingerprint density at radius 1 is 1.11 bits per heavy atom. The fourth-order valence-corrected chi connectivity index (χ4v) is 0.757. The van der Waals surface area contributed by atoms with Gasteiger partial charge in [0, 0.05) is 0 Å². The summed E-state index contributed by atoms with van der Waals surface area (Å²) < 4.78 is 0. The van der Waals surface area contributed by atoms with Crippen molar-refractivity contribution in [2.45, 2.75) is 0 Å². The van der Waals surface area contributed by atoms with Crippen LogP contribution in [0.5, 0.6) is 0 Å². The molecule has 0 nitrogen and oxygen atoms in total. The molecule has 0 bridgehead atoms. The van der Waals surface area contributed by atoms with Crippen LogP contribution in [-0.2, 0) is 0 Å². The van der Waals surface area contributed by atoms with Crippen LogP contribution in [0.25, 0.3) is 6.08 Å². The topological polar surface area (TPSA) is 0 Å². The van der Waals surface area contributed by atoms with Gasteiger partial charge in [0.2, 0.25) is 0 Å². The predicted molar refractivity (Wildman–Crippen MR) is 44.0 cm³/mol. The summed E-state index contributed by atoms with van der Waals surface area (Å²) >= 11 is 0. The van der Waals surface area contributed by atoms with Gasteiger partial charge in [-0.3, -0.25) is 0 Å². The second-order valence-corrected chi connectivity index (χ2v) is 1.91. The van der Waals surface area contributed by atoms with Gasteiger partial charge in [0.05, 0.1) is 0 Å².